The number of nitrogens with zero attached hydrogens (tertiary/aromatic N) is 1. The molecule has 3 N–H and O–H groups in total. The number of carbonyl (C=O) groups is 1. The number of benzene rings is 1. The molecule has 5 nitrogen and oxygen atoms in total. The van der Waals surface area contributed by atoms with Gasteiger partial charge in [0, 0.05) is 24.1 Å². The summed E-state index contributed by atoms with van der Waals surface area (Å²) in [5.41, 5.74) is 5.62. The van der Waals surface area contributed by atoms with Crippen LogP contribution in [0.5, 0.6) is 0 Å². The van der Waals surface area contributed by atoms with Crippen LogP contribution in [0, 0.1) is 0 Å². The first-order chi connectivity index (χ1) is 13.8. The van der Waals surface area contributed by atoms with Crippen molar-refractivity contribution in [3.05, 3.63) is 46.8 Å². The lowest BCUT2D eigenvalue weighted by molar-refractivity contribution is -0.136. The molecule has 0 saturated carbocycles. The number of hydrogen-bond donors (Lipinski definition) is 2. The second-order valence-corrected chi connectivity index (χ2v) is 7.79. The van der Waals surface area contributed by atoms with Crippen LogP contribution in [0.25, 0.3) is 21.5 Å². The normalized spacial score (nSPS) is 17.0. The van der Waals surface area contributed by atoms with Crippen molar-refractivity contribution in [3.8, 4) is 11.3 Å². The number of anilines is 1. The Kier molecular flexibility index (Phi) is 5.18. The summed E-state index contributed by atoms with van der Waals surface area (Å²) in [6.45, 7) is 0.939. The van der Waals surface area contributed by atoms with Crippen molar-refractivity contribution in [1.29, 1.82) is 0 Å². The summed E-state index contributed by atoms with van der Waals surface area (Å²) in [4.78, 5) is 17.0. The van der Waals surface area contributed by atoms with E-state index in [0.717, 1.165) is 30.2 Å². The highest BCUT2D eigenvalue weighted by Gasteiger charge is 2.36. The summed E-state index contributed by atoms with van der Waals surface area (Å²) in [5, 5.41) is 2.47. The highest BCUT2D eigenvalue weighted by molar-refractivity contribution is 7.21. The predicted molar refractivity (Wildman–Crippen MR) is 106 cm³/mol. The van der Waals surface area contributed by atoms with E-state index in [1.54, 1.807) is 30.3 Å². The predicted octanol–water partition coefficient (Wildman–Crippen LogP) is 4.47. The molecule has 1 saturated heterocycles. The number of nitrogens with two attached hydrogens (primary N) is 1. The maximum Gasteiger partial charge on any atom is 0.417 e. The fourth-order valence-electron chi connectivity index (χ4n) is 3.36. The van der Waals surface area contributed by atoms with E-state index in [-0.39, 0.29) is 32.6 Å². The molecule has 1 atom stereocenters. The summed E-state index contributed by atoms with van der Waals surface area (Å²) >= 11 is 0.865. The average molecular weight is 421 g/mol. The molecule has 1 unspecified atom stereocenters. The van der Waals surface area contributed by atoms with Crippen LogP contribution in [0.3, 0.4) is 0 Å². The first-order valence-electron chi connectivity index (χ1n) is 9.10. The molecule has 29 heavy (non-hydrogen) atoms. The summed E-state index contributed by atoms with van der Waals surface area (Å²) < 4.78 is 46.7. The number of fused-ring (bicyclic) bond motifs is 1. The van der Waals surface area contributed by atoms with Crippen LogP contribution in [0.15, 0.2) is 36.4 Å². The van der Waals surface area contributed by atoms with Gasteiger partial charge in [0.1, 0.15) is 9.71 Å². The molecule has 1 aliphatic heterocycles. The molecule has 1 fully saturated rings. The summed E-state index contributed by atoms with van der Waals surface area (Å²) in [5.74, 6) is -0.518. The van der Waals surface area contributed by atoms with Gasteiger partial charge in [-0.3, -0.25) is 4.79 Å². The Hall–Kier alpha value is -2.65. The Morgan fingerprint density at radius 2 is 2.07 bits per heavy atom. The largest absolute Gasteiger partial charge is 0.417 e. The van der Waals surface area contributed by atoms with Crippen LogP contribution in [0.1, 0.15) is 28.1 Å². The van der Waals surface area contributed by atoms with Crippen molar-refractivity contribution >= 4 is 33.1 Å². The van der Waals surface area contributed by atoms with E-state index in [1.165, 1.54) is 0 Å². The lowest BCUT2D eigenvalue weighted by atomic mass is 10.1. The standard InChI is InChI=1S/C20H18F3N3O2S/c21-20(22,23)13-9-14(11-5-2-1-3-6-11)26-19-15(13)16(24)17(29-19)18(27)25-10-12-7-4-8-28-12/h1-3,5-6,9,12H,4,7-8,10,24H2,(H,25,27). The molecular formula is C20H18F3N3O2S. The number of amides is 1. The molecule has 3 aromatic rings. The van der Waals surface area contributed by atoms with Crippen molar-refractivity contribution < 1.29 is 22.7 Å². The monoisotopic (exact) mass is 421 g/mol. The number of thiophene rings is 1. The molecule has 0 radical (unpaired) electrons. The molecule has 4 rings (SSSR count). The molecule has 0 aliphatic carbocycles. The smallest absolute Gasteiger partial charge is 0.397 e. The minimum atomic E-state index is -4.63. The van der Waals surface area contributed by atoms with Crippen molar-refractivity contribution in [3.63, 3.8) is 0 Å². The average Bonchev–Trinajstić information content (AvgIpc) is 3.33. The highest BCUT2D eigenvalue weighted by atomic mass is 32.1. The summed E-state index contributed by atoms with van der Waals surface area (Å²) in [6.07, 6.45) is -2.96. The van der Waals surface area contributed by atoms with Gasteiger partial charge < -0.3 is 15.8 Å². The van der Waals surface area contributed by atoms with Gasteiger partial charge in [-0.25, -0.2) is 4.98 Å². The lowest BCUT2D eigenvalue weighted by Crippen LogP contribution is -2.31. The maximum absolute atomic E-state index is 13.8. The summed E-state index contributed by atoms with van der Waals surface area (Å²) in [6, 6.07) is 9.56. The van der Waals surface area contributed by atoms with Crippen molar-refractivity contribution in [2.24, 2.45) is 0 Å². The van der Waals surface area contributed by atoms with Gasteiger partial charge in [-0.1, -0.05) is 30.3 Å². The third-order valence-corrected chi connectivity index (χ3v) is 5.89. The number of carbonyl (C=O) groups excluding carboxylic acids is 1. The van der Waals surface area contributed by atoms with Gasteiger partial charge in [-0.15, -0.1) is 11.3 Å². The number of halogens is 3. The maximum atomic E-state index is 13.8. The number of alkyl halides is 3. The molecule has 0 bridgehead atoms. The van der Waals surface area contributed by atoms with E-state index < -0.39 is 17.6 Å². The zero-order valence-corrected chi connectivity index (χ0v) is 16.1. The van der Waals surface area contributed by atoms with E-state index >= 15 is 0 Å². The molecule has 0 spiro atoms. The third-order valence-electron chi connectivity index (χ3n) is 4.79. The van der Waals surface area contributed by atoms with Gasteiger partial charge in [-0.2, -0.15) is 13.2 Å². The first kappa shape index (κ1) is 19.7. The Bertz CT molecular complexity index is 1040. The zero-order chi connectivity index (χ0) is 20.6. The first-order valence-corrected chi connectivity index (χ1v) is 9.91. The second kappa shape index (κ2) is 7.64. The van der Waals surface area contributed by atoms with Crippen LogP contribution >= 0.6 is 11.3 Å². The molecule has 1 aliphatic rings. The molecule has 1 aromatic carbocycles. The SMILES string of the molecule is Nc1c(C(=O)NCC2CCCO2)sc2nc(-c3ccccc3)cc(C(F)(F)F)c12. The van der Waals surface area contributed by atoms with Gasteiger partial charge in [0.05, 0.1) is 23.0 Å². The van der Waals surface area contributed by atoms with Crippen LogP contribution in [-0.4, -0.2) is 30.1 Å². The van der Waals surface area contributed by atoms with Gasteiger partial charge in [0.25, 0.3) is 5.91 Å². The Balaban J connectivity index is 1.76. The van der Waals surface area contributed by atoms with E-state index in [2.05, 4.69) is 10.3 Å². The molecule has 2 aromatic heterocycles. The number of ether oxygens (including phenoxy) is 1. The van der Waals surface area contributed by atoms with Crippen molar-refractivity contribution in [2.75, 3.05) is 18.9 Å². The number of nitrogens with one attached hydrogen (secondary N) is 1. The number of nitrogen functional groups attached to an aromatic ring is 1. The second-order valence-electron chi connectivity index (χ2n) is 6.79. The molecule has 3 heterocycles. The van der Waals surface area contributed by atoms with Crippen LogP contribution < -0.4 is 11.1 Å². The number of rotatable bonds is 4. The molecule has 9 heteroatoms. The zero-order valence-electron chi connectivity index (χ0n) is 15.3. The lowest BCUT2D eigenvalue weighted by Gasteiger charge is -2.11. The molecular weight excluding hydrogens is 403 g/mol. The highest BCUT2D eigenvalue weighted by Crippen LogP contribution is 2.43. The van der Waals surface area contributed by atoms with E-state index in [9.17, 15) is 18.0 Å². The van der Waals surface area contributed by atoms with E-state index in [4.69, 9.17) is 10.5 Å². The molecule has 152 valence electrons. The van der Waals surface area contributed by atoms with Crippen LogP contribution in [0.2, 0.25) is 0 Å². The topological polar surface area (TPSA) is 77.2 Å². The number of pyridine rings is 1. The number of hydrogen-bond acceptors (Lipinski definition) is 5. The van der Waals surface area contributed by atoms with Crippen molar-refractivity contribution in [1.82, 2.24) is 10.3 Å². The van der Waals surface area contributed by atoms with Crippen molar-refractivity contribution in [2.45, 2.75) is 25.1 Å². The van der Waals surface area contributed by atoms with E-state index in [0.29, 0.717) is 18.7 Å². The van der Waals surface area contributed by atoms with Gasteiger partial charge in [0.15, 0.2) is 0 Å². The quantitative estimate of drug-likeness (QED) is 0.652. The summed E-state index contributed by atoms with van der Waals surface area (Å²) in [7, 11) is 0. The van der Waals surface area contributed by atoms with Crippen LogP contribution in [-0.2, 0) is 10.9 Å². The fourth-order valence-corrected chi connectivity index (χ4v) is 4.40. The minimum absolute atomic E-state index is 0.0289. The Morgan fingerprint density at radius 1 is 1.31 bits per heavy atom. The van der Waals surface area contributed by atoms with Gasteiger partial charge in [0.2, 0.25) is 0 Å². The third kappa shape index (κ3) is 3.92. The Morgan fingerprint density at radius 3 is 2.72 bits per heavy atom. The van der Waals surface area contributed by atoms with E-state index in [1.807, 2.05) is 0 Å². The molecule has 1 amide bonds. The number of aromatic nitrogens is 1. The Labute approximate surface area is 168 Å². The van der Waals surface area contributed by atoms with Gasteiger partial charge >= 0.3 is 6.18 Å². The van der Waals surface area contributed by atoms with Gasteiger partial charge in [-0.05, 0) is 18.9 Å². The minimum Gasteiger partial charge on any atom is -0.397 e. The fraction of sp³-hybridized carbons (Fsp3) is 0.300. The van der Waals surface area contributed by atoms with Crippen LogP contribution in [0.4, 0.5) is 18.9 Å².